The first-order valence-electron chi connectivity index (χ1n) is 8.33. The predicted octanol–water partition coefficient (Wildman–Crippen LogP) is 3.17. The first-order valence-corrected chi connectivity index (χ1v) is 9.96. The van der Waals surface area contributed by atoms with E-state index in [0.29, 0.717) is 23.8 Å². The average molecular weight is 402 g/mol. The summed E-state index contributed by atoms with van der Waals surface area (Å²) in [7, 11) is 0. The second kappa shape index (κ2) is 8.88. The highest BCUT2D eigenvalue weighted by Gasteiger charge is 2.31. The lowest BCUT2D eigenvalue weighted by Gasteiger charge is -2.20. The zero-order valence-electron chi connectivity index (χ0n) is 14.8. The molecule has 0 unspecified atom stereocenters. The van der Waals surface area contributed by atoms with Crippen LogP contribution in [0.2, 0.25) is 0 Å². The first-order chi connectivity index (χ1) is 13.1. The molecule has 6 nitrogen and oxygen atoms in total. The number of ether oxygens (including phenoxy) is 1. The Morgan fingerprint density at radius 3 is 2.67 bits per heavy atom. The molecule has 0 aromatic heterocycles. The molecule has 2 aromatic rings. The van der Waals surface area contributed by atoms with Crippen LogP contribution in [0.1, 0.15) is 10.4 Å². The number of nitrogens with one attached hydrogen (secondary N) is 1. The Kier molecular flexibility index (Phi) is 6.31. The maximum absolute atomic E-state index is 12.5. The highest BCUT2D eigenvalue weighted by Crippen LogP contribution is 2.20. The van der Waals surface area contributed by atoms with Gasteiger partial charge in [0.2, 0.25) is 0 Å². The fourth-order valence-corrected chi connectivity index (χ4v) is 3.48. The maximum Gasteiger partial charge on any atom is 0.338 e. The molecule has 1 aliphatic heterocycles. The van der Waals surface area contributed by atoms with Crippen LogP contribution in [-0.2, 0) is 9.53 Å². The molecule has 8 heteroatoms. The van der Waals surface area contributed by atoms with E-state index in [4.69, 9.17) is 17.0 Å². The highest BCUT2D eigenvalue weighted by molar-refractivity contribution is 7.99. The maximum atomic E-state index is 12.5. The van der Waals surface area contributed by atoms with E-state index in [1.807, 2.05) is 47.6 Å². The lowest BCUT2D eigenvalue weighted by Crippen LogP contribution is -2.38. The molecular formula is C19H19N3O3S2. The largest absolute Gasteiger partial charge is 0.452 e. The summed E-state index contributed by atoms with van der Waals surface area (Å²) < 4.78 is 8.23. The van der Waals surface area contributed by atoms with Gasteiger partial charge in [0.25, 0.3) is 5.91 Å². The molecule has 27 heavy (non-hydrogen) atoms. The number of hydrogen-bond donors (Lipinski definition) is 1. The van der Waals surface area contributed by atoms with Crippen molar-refractivity contribution in [2.45, 2.75) is 0 Å². The normalized spacial score (nSPS) is 13.6. The van der Waals surface area contributed by atoms with E-state index in [1.54, 1.807) is 18.2 Å². The molecule has 140 valence electrons. The van der Waals surface area contributed by atoms with Gasteiger partial charge in [-0.1, -0.05) is 36.2 Å². The van der Waals surface area contributed by atoms with Crippen LogP contribution in [0.3, 0.4) is 0 Å². The number of benzene rings is 2. The topological polar surface area (TPSA) is 61.9 Å². The van der Waals surface area contributed by atoms with Crippen molar-refractivity contribution in [3.05, 3.63) is 60.2 Å². The van der Waals surface area contributed by atoms with Crippen LogP contribution in [0, 0.1) is 0 Å². The summed E-state index contributed by atoms with van der Waals surface area (Å²) in [4.78, 5) is 28.0. The van der Waals surface area contributed by atoms with Crippen molar-refractivity contribution >= 4 is 52.5 Å². The van der Waals surface area contributed by atoms with Crippen molar-refractivity contribution < 1.29 is 14.3 Å². The third kappa shape index (κ3) is 4.58. The summed E-state index contributed by atoms with van der Waals surface area (Å²) >= 11 is 6.85. The van der Waals surface area contributed by atoms with E-state index in [9.17, 15) is 9.59 Å². The summed E-state index contributed by atoms with van der Waals surface area (Å²) in [6, 6.07) is 16.6. The Morgan fingerprint density at radius 2 is 1.93 bits per heavy atom. The standard InChI is InChI=1S/C19H19N3O3S2/c1-27-20-15-7-5-6-14(12-15)18(24)25-13-17(23)22-11-10-21(19(22)26)16-8-3-2-4-9-16/h2-9,12,20H,10-11,13H2,1H3. The molecule has 1 aliphatic rings. The number of esters is 1. The second-order valence-electron chi connectivity index (χ2n) is 5.78. The number of carbonyl (C=O) groups is 2. The number of amides is 1. The van der Waals surface area contributed by atoms with Crippen molar-refractivity contribution in [1.82, 2.24) is 4.90 Å². The van der Waals surface area contributed by atoms with Gasteiger partial charge in [0.1, 0.15) is 0 Å². The molecule has 1 fully saturated rings. The number of nitrogens with zero attached hydrogens (tertiary/aromatic N) is 2. The fraction of sp³-hybridized carbons (Fsp3) is 0.211. The van der Waals surface area contributed by atoms with Crippen molar-refractivity contribution in [1.29, 1.82) is 0 Å². The third-order valence-electron chi connectivity index (χ3n) is 4.02. The highest BCUT2D eigenvalue weighted by atomic mass is 32.2. The Morgan fingerprint density at radius 1 is 1.15 bits per heavy atom. The van der Waals surface area contributed by atoms with Gasteiger partial charge >= 0.3 is 5.97 Å². The van der Waals surface area contributed by atoms with Gasteiger partial charge in [0, 0.05) is 30.7 Å². The van der Waals surface area contributed by atoms with Crippen LogP contribution in [-0.4, -0.2) is 47.8 Å². The minimum absolute atomic E-state index is 0.329. The van der Waals surface area contributed by atoms with Crippen LogP contribution < -0.4 is 9.62 Å². The Labute approximate surface area is 167 Å². The van der Waals surface area contributed by atoms with Crippen molar-refractivity contribution in [2.75, 3.05) is 35.6 Å². The first kappa shape index (κ1) is 19.2. The van der Waals surface area contributed by atoms with E-state index in [1.165, 1.54) is 16.8 Å². The SMILES string of the molecule is CSNc1cccc(C(=O)OCC(=O)N2CCN(c3ccccc3)C2=S)c1. The Bertz CT molecular complexity index is 845. The van der Waals surface area contributed by atoms with E-state index in [0.717, 1.165) is 11.4 Å². The van der Waals surface area contributed by atoms with Crippen molar-refractivity contribution in [3.63, 3.8) is 0 Å². The van der Waals surface area contributed by atoms with Crippen LogP contribution in [0.15, 0.2) is 54.6 Å². The Hall–Kier alpha value is -2.58. The molecule has 0 aliphatic carbocycles. The quantitative estimate of drug-likeness (QED) is 0.453. The number of para-hydroxylation sites is 1. The van der Waals surface area contributed by atoms with Gasteiger partial charge in [-0.2, -0.15) is 0 Å². The molecule has 0 bridgehead atoms. The number of thiocarbonyl (C=S) groups is 1. The zero-order chi connectivity index (χ0) is 19.2. The molecule has 1 N–H and O–H groups in total. The van der Waals surface area contributed by atoms with E-state index in [-0.39, 0.29) is 12.5 Å². The zero-order valence-corrected chi connectivity index (χ0v) is 16.4. The van der Waals surface area contributed by atoms with Gasteiger partial charge in [0.15, 0.2) is 11.7 Å². The molecule has 0 saturated carbocycles. The predicted molar refractivity (Wildman–Crippen MR) is 112 cm³/mol. The number of hydrogen-bond acceptors (Lipinski definition) is 6. The monoisotopic (exact) mass is 401 g/mol. The van der Waals surface area contributed by atoms with Gasteiger partial charge in [-0.05, 0) is 42.5 Å². The molecule has 3 rings (SSSR count). The molecule has 1 heterocycles. The minimum Gasteiger partial charge on any atom is -0.452 e. The third-order valence-corrected chi connectivity index (χ3v) is 4.90. The van der Waals surface area contributed by atoms with Crippen LogP contribution in [0.25, 0.3) is 0 Å². The van der Waals surface area contributed by atoms with Gasteiger partial charge in [-0.3, -0.25) is 9.69 Å². The van der Waals surface area contributed by atoms with Gasteiger partial charge in [0.05, 0.1) is 5.56 Å². The number of carbonyl (C=O) groups excluding carboxylic acids is 2. The summed E-state index contributed by atoms with van der Waals surface area (Å²) in [6.07, 6.45) is 1.89. The second-order valence-corrected chi connectivity index (χ2v) is 6.76. The van der Waals surface area contributed by atoms with E-state index in [2.05, 4.69) is 4.72 Å². The number of anilines is 2. The smallest absolute Gasteiger partial charge is 0.338 e. The fourth-order valence-electron chi connectivity index (χ4n) is 2.73. The molecule has 1 saturated heterocycles. The van der Waals surface area contributed by atoms with Crippen molar-refractivity contribution in [2.24, 2.45) is 0 Å². The number of rotatable bonds is 6. The summed E-state index contributed by atoms with van der Waals surface area (Å²) in [5, 5.41) is 0.424. The van der Waals surface area contributed by atoms with Crippen molar-refractivity contribution in [3.8, 4) is 0 Å². The molecule has 0 radical (unpaired) electrons. The van der Waals surface area contributed by atoms with Crippen LogP contribution in [0.5, 0.6) is 0 Å². The summed E-state index contributed by atoms with van der Waals surface area (Å²) in [5.74, 6) is -0.872. The minimum atomic E-state index is -0.543. The Balaban J connectivity index is 1.57. The molecule has 2 aromatic carbocycles. The molecular weight excluding hydrogens is 382 g/mol. The summed E-state index contributed by atoms with van der Waals surface area (Å²) in [5.41, 5.74) is 2.12. The van der Waals surface area contributed by atoms with Crippen LogP contribution in [0.4, 0.5) is 11.4 Å². The van der Waals surface area contributed by atoms with Gasteiger partial charge in [-0.25, -0.2) is 4.79 Å². The van der Waals surface area contributed by atoms with E-state index >= 15 is 0 Å². The molecule has 0 spiro atoms. The van der Waals surface area contributed by atoms with Gasteiger partial charge in [-0.15, -0.1) is 0 Å². The lowest BCUT2D eigenvalue weighted by atomic mass is 10.2. The average Bonchev–Trinajstić information content (AvgIpc) is 3.08. The lowest BCUT2D eigenvalue weighted by molar-refractivity contribution is -0.130. The molecule has 0 atom stereocenters. The van der Waals surface area contributed by atoms with Crippen LogP contribution >= 0.6 is 24.2 Å². The van der Waals surface area contributed by atoms with Gasteiger partial charge < -0.3 is 14.4 Å². The van der Waals surface area contributed by atoms with E-state index < -0.39 is 5.97 Å². The summed E-state index contributed by atoms with van der Waals surface area (Å²) in [6.45, 7) is 0.740. The molecule has 1 amide bonds.